The fraction of sp³-hybridized carbons (Fsp3) is 0.500. The second-order valence-electron chi connectivity index (χ2n) is 4.86. The number of hydrogen-bond donors (Lipinski definition) is 1. The summed E-state index contributed by atoms with van der Waals surface area (Å²) in [5, 5.41) is 12.0. The van der Waals surface area contributed by atoms with Crippen molar-refractivity contribution in [1.29, 1.82) is 0 Å². The van der Waals surface area contributed by atoms with Gasteiger partial charge in [-0.05, 0) is 25.0 Å². The summed E-state index contributed by atoms with van der Waals surface area (Å²) >= 11 is 1.65. The SMILES string of the molecule is COc1ccc(C2(O)CSC3=NCCCCN32)cc1. The highest BCUT2D eigenvalue weighted by Gasteiger charge is 2.44. The van der Waals surface area contributed by atoms with Crippen molar-refractivity contribution in [2.24, 2.45) is 4.99 Å². The number of thioether (sulfide) groups is 1. The quantitative estimate of drug-likeness (QED) is 0.899. The van der Waals surface area contributed by atoms with Crippen molar-refractivity contribution in [3.05, 3.63) is 29.8 Å². The predicted octanol–water partition coefficient (Wildman–Crippen LogP) is 2.04. The van der Waals surface area contributed by atoms with Crippen LogP contribution in [-0.2, 0) is 5.72 Å². The molecule has 2 aliphatic rings. The molecular weight excluding hydrogens is 260 g/mol. The third-order valence-corrected chi connectivity index (χ3v) is 4.82. The van der Waals surface area contributed by atoms with Crippen LogP contribution in [0.25, 0.3) is 0 Å². The largest absolute Gasteiger partial charge is 0.497 e. The van der Waals surface area contributed by atoms with Crippen LogP contribution >= 0.6 is 11.8 Å². The standard InChI is InChI=1S/C14H18N2O2S/c1-18-12-6-4-11(5-7-12)14(17)10-19-13-15-8-2-3-9-16(13)14/h4-7,17H,2-3,8-10H2,1H3. The lowest BCUT2D eigenvalue weighted by Gasteiger charge is -2.34. The van der Waals surface area contributed by atoms with E-state index in [1.54, 1.807) is 18.9 Å². The normalized spacial score (nSPS) is 26.6. The lowest BCUT2D eigenvalue weighted by Crippen LogP contribution is -2.45. The first-order valence-electron chi connectivity index (χ1n) is 6.56. The van der Waals surface area contributed by atoms with Gasteiger partial charge >= 0.3 is 0 Å². The third kappa shape index (κ3) is 2.21. The highest BCUT2D eigenvalue weighted by atomic mass is 32.2. The minimum Gasteiger partial charge on any atom is -0.497 e. The average molecular weight is 278 g/mol. The van der Waals surface area contributed by atoms with E-state index < -0.39 is 5.72 Å². The van der Waals surface area contributed by atoms with E-state index in [0.29, 0.717) is 5.75 Å². The number of methoxy groups -OCH3 is 1. The van der Waals surface area contributed by atoms with Crippen molar-refractivity contribution in [3.63, 3.8) is 0 Å². The second kappa shape index (κ2) is 5.06. The zero-order valence-corrected chi connectivity index (χ0v) is 11.8. The molecule has 0 aromatic heterocycles. The van der Waals surface area contributed by atoms with Gasteiger partial charge in [-0.2, -0.15) is 0 Å². The summed E-state index contributed by atoms with van der Waals surface area (Å²) in [6.45, 7) is 1.74. The van der Waals surface area contributed by atoms with Gasteiger partial charge in [-0.15, -0.1) is 0 Å². The Hall–Kier alpha value is -1.20. The number of fused-ring (bicyclic) bond motifs is 1. The topological polar surface area (TPSA) is 45.1 Å². The van der Waals surface area contributed by atoms with E-state index in [4.69, 9.17) is 4.74 Å². The molecule has 1 N–H and O–H groups in total. The van der Waals surface area contributed by atoms with Gasteiger partial charge in [0.05, 0.1) is 12.9 Å². The summed E-state index contributed by atoms with van der Waals surface area (Å²) in [5.74, 6) is 1.45. The minimum absolute atomic E-state index is 0.637. The van der Waals surface area contributed by atoms with Crippen molar-refractivity contribution in [1.82, 2.24) is 4.90 Å². The second-order valence-corrected chi connectivity index (χ2v) is 5.80. The Kier molecular flexibility index (Phi) is 3.41. The number of benzene rings is 1. The van der Waals surface area contributed by atoms with Crippen LogP contribution in [0.3, 0.4) is 0 Å². The Morgan fingerprint density at radius 1 is 1.32 bits per heavy atom. The van der Waals surface area contributed by atoms with E-state index in [9.17, 15) is 5.11 Å². The molecule has 1 unspecified atom stereocenters. The maximum atomic E-state index is 11.0. The van der Waals surface area contributed by atoms with E-state index in [0.717, 1.165) is 42.4 Å². The van der Waals surface area contributed by atoms with Crippen LogP contribution in [0.5, 0.6) is 5.75 Å². The lowest BCUT2D eigenvalue weighted by molar-refractivity contribution is -0.0474. The van der Waals surface area contributed by atoms with E-state index in [-0.39, 0.29) is 0 Å². The van der Waals surface area contributed by atoms with Crippen molar-refractivity contribution in [2.45, 2.75) is 18.6 Å². The molecule has 0 aliphatic carbocycles. The molecular formula is C14H18N2O2S. The maximum absolute atomic E-state index is 11.0. The van der Waals surface area contributed by atoms with Gasteiger partial charge in [0.15, 0.2) is 10.9 Å². The van der Waals surface area contributed by atoms with E-state index in [1.165, 1.54) is 0 Å². The molecule has 0 amide bonds. The summed E-state index contributed by atoms with van der Waals surface area (Å²) in [6, 6.07) is 7.66. The average Bonchev–Trinajstić information content (AvgIpc) is 2.65. The molecule has 2 heterocycles. The zero-order chi connectivity index (χ0) is 13.3. The van der Waals surface area contributed by atoms with Crippen LogP contribution in [0.15, 0.2) is 29.3 Å². The first kappa shape index (κ1) is 12.8. The monoisotopic (exact) mass is 278 g/mol. The Morgan fingerprint density at radius 3 is 2.84 bits per heavy atom. The Bertz CT molecular complexity index is 489. The molecule has 102 valence electrons. The Morgan fingerprint density at radius 2 is 2.11 bits per heavy atom. The van der Waals surface area contributed by atoms with Crippen LogP contribution < -0.4 is 4.74 Å². The molecule has 2 aliphatic heterocycles. The number of aliphatic imine (C=N–C) groups is 1. The lowest BCUT2D eigenvalue weighted by atomic mass is 10.0. The predicted molar refractivity (Wildman–Crippen MR) is 77.6 cm³/mol. The number of rotatable bonds is 2. The summed E-state index contributed by atoms with van der Waals surface area (Å²) in [6.07, 6.45) is 2.17. The van der Waals surface area contributed by atoms with Crippen LogP contribution in [0.1, 0.15) is 18.4 Å². The summed E-state index contributed by atoms with van der Waals surface area (Å²) < 4.78 is 5.17. The van der Waals surface area contributed by atoms with Gasteiger partial charge in [-0.3, -0.25) is 4.99 Å². The maximum Gasteiger partial charge on any atom is 0.175 e. The van der Waals surface area contributed by atoms with Gasteiger partial charge in [0.2, 0.25) is 0 Å². The number of nitrogens with zero attached hydrogens (tertiary/aromatic N) is 2. The molecule has 3 rings (SSSR count). The minimum atomic E-state index is -0.930. The highest BCUT2D eigenvalue weighted by Crippen LogP contribution is 2.40. The Labute approximate surface area is 117 Å². The molecule has 1 saturated heterocycles. The third-order valence-electron chi connectivity index (χ3n) is 3.67. The first-order valence-corrected chi connectivity index (χ1v) is 7.54. The van der Waals surface area contributed by atoms with Crippen LogP contribution in [0.4, 0.5) is 0 Å². The molecule has 0 radical (unpaired) electrons. The summed E-state index contributed by atoms with van der Waals surface area (Å²) in [4.78, 5) is 6.61. The number of hydrogen-bond acceptors (Lipinski definition) is 5. The van der Waals surface area contributed by atoms with Crippen molar-refractivity contribution in [2.75, 3.05) is 26.0 Å². The molecule has 4 nitrogen and oxygen atoms in total. The first-order chi connectivity index (χ1) is 9.24. The van der Waals surface area contributed by atoms with E-state index in [2.05, 4.69) is 4.99 Å². The molecule has 0 saturated carbocycles. The summed E-state index contributed by atoms with van der Waals surface area (Å²) in [5.41, 5.74) is -0.0204. The molecule has 1 fully saturated rings. The molecule has 0 bridgehead atoms. The summed E-state index contributed by atoms with van der Waals surface area (Å²) in [7, 11) is 1.65. The fourth-order valence-corrected chi connectivity index (χ4v) is 3.78. The van der Waals surface area contributed by atoms with Crippen molar-refractivity contribution in [3.8, 4) is 5.75 Å². The van der Waals surface area contributed by atoms with Gasteiger partial charge in [0.1, 0.15) is 5.75 Å². The van der Waals surface area contributed by atoms with Crippen molar-refractivity contribution >= 4 is 16.9 Å². The van der Waals surface area contributed by atoms with Crippen LogP contribution in [0, 0.1) is 0 Å². The van der Waals surface area contributed by atoms with Gasteiger partial charge in [-0.1, -0.05) is 23.9 Å². The van der Waals surface area contributed by atoms with Crippen LogP contribution in [0.2, 0.25) is 0 Å². The van der Waals surface area contributed by atoms with Gasteiger partial charge in [-0.25, -0.2) is 0 Å². The van der Waals surface area contributed by atoms with E-state index >= 15 is 0 Å². The van der Waals surface area contributed by atoms with E-state index in [1.807, 2.05) is 29.2 Å². The smallest absolute Gasteiger partial charge is 0.175 e. The molecule has 1 atom stereocenters. The van der Waals surface area contributed by atoms with Crippen LogP contribution in [-0.4, -0.2) is 41.1 Å². The number of ether oxygens (including phenoxy) is 1. The molecule has 19 heavy (non-hydrogen) atoms. The molecule has 1 aromatic rings. The van der Waals surface area contributed by atoms with Gasteiger partial charge in [0, 0.05) is 18.7 Å². The number of aliphatic hydroxyl groups is 1. The van der Waals surface area contributed by atoms with Gasteiger partial charge < -0.3 is 14.7 Å². The molecule has 0 spiro atoms. The fourth-order valence-electron chi connectivity index (χ4n) is 2.54. The molecule has 5 heteroatoms. The molecule has 1 aromatic carbocycles. The zero-order valence-electron chi connectivity index (χ0n) is 11.0. The number of amidine groups is 1. The van der Waals surface area contributed by atoms with Crippen molar-refractivity contribution < 1.29 is 9.84 Å². The van der Waals surface area contributed by atoms with Gasteiger partial charge in [0.25, 0.3) is 0 Å². The highest BCUT2D eigenvalue weighted by molar-refractivity contribution is 8.14. The Balaban J connectivity index is 1.93.